The summed E-state index contributed by atoms with van der Waals surface area (Å²) in [4.78, 5) is 0. The lowest BCUT2D eigenvalue weighted by Crippen LogP contribution is -2.56. The number of hydrogen-bond donors (Lipinski definition) is 1. The van der Waals surface area contributed by atoms with Crippen LogP contribution in [0.15, 0.2) is 0 Å². The van der Waals surface area contributed by atoms with E-state index in [0.29, 0.717) is 15.3 Å². The van der Waals surface area contributed by atoms with Gasteiger partial charge in [0, 0.05) is 4.32 Å². The molecule has 0 aliphatic heterocycles. The average Bonchev–Trinajstić information content (AvgIpc) is 2.60. The van der Waals surface area contributed by atoms with E-state index in [9.17, 15) is 5.11 Å². The monoisotopic (exact) mass is 389 g/mol. The molecule has 0 aromatic heterocycles. The molecule has 1 N–H and O–H groups in total. The average molecular weight is 390 g/mol. The number of quaternary nitrogens is 1. The smallest absolute Gasteiger partial charge is 0.108 e. The van der Waals surface area contributed by atoms with Crippen molar-refractivity contribution in [3.05, 3.63) is 0 Å². The Hall–Kier alpha value is 0.230. The molecule has 0 saturated carbocycles. The van der Waals surface area contributed by atoms with Crippen LogP contribution in [-0.2, 0) is 12.6 Å². The second-order valence-corrected chi connectivity index (χ2v) is 8.67. The van der Waals surface area contributed by atoms with Crippen LogP contribution < -0.4 is 0 Å². The summed E-state index contributed by atoms with van der Waals surface area (Å²) in [7, 11) is 0. The van der Waals surface area contributed by atoms with Gasteiger partial charge in [0.05, 0.1) is 13.1 Å². The number of aliphatic hydroxyl groups excluding tert-OH is 1. The summed E-state index contributed by atoms with van der Waals surface area (Å²) in [5, 5.41) is 10.2. The third-order valence-corrected chi connectivity index (χ3v) is 6.07. The van der Waals surface area contributed by atoms with Crippen LogP contribution in [0.3, 0.4) is 0 Å². The van der Waals surface area contributed by atoms with Crippen molar-refractivity contribution in [2.24, 2.45) is 0 Å². The molecule has 25 heavy (non-hydrogen) atoms. The molecule has 2 nitrogen and oxygen atoms in total. The van der Waals surface area contributed by atoms with Gasteiger partial charge in [-0.2, -0.15) is 0 Å². The van der Waals surface area contributed by atoms with Crippen LogP contribution in [0.1, 0.15) is 104 Å². The van der Waals surface area contributed by atoms with E-state index in [-0.39, 0.29) is 6.10 Å². The first-order chi connectivity index (χ1) is 12.0. The van der Waals surface area contributed by atoms with Gasteiger partial charge < -0.3 is 34.4 Å². The molecule has 0 aromatic carbocycles. The molecule has 2 atom stereocenters. The molecule has 0 aliphatic carbocycles. The lowest BCUT2D eigenvalue weighted by atomic mass is 10.1. The lowest BCUT2D eigenvalue weighted by molar-refractivity contribution is -0.840. The number of aliphatic hydroxyl groups is 1. The Kier molecular flexibility index (Phi) is 16.6. The van der Waals surface area contributed by atoms with E-state index in [2.05, 4.69) is 13.8 Å². The Morgan fingerprint density at radius 2 is 1.24 bits per heavy atom. The minimum atomic E-state index is -0.291. The zero-order valence-electron chi connectivity index (χ0n) is 17.1. The van der Waals surface area contributed by atoms with E-state index in [1.807, 2.05) is 6.92 Å². The van der Waals surface area contributed by atoms with E-state index in [4.69, 9.17) is 24.8 Å². The summed E-state index contributed by atoms with van der Waals surface area (Å²) >= 11 is 10.9. The normalized spacial score (nSPS) is 15.0. The van der Waals surface area contributed by atoms with Crippen molar-refractivity contribution in [3.63, 3.8) is 0 Å². The second-order valence-electron chi connectivity index (χ2n) is 7.64. The van der Waals surface area contributed by atoms with Crippen LogP contribution in [0.5, 0.6) is 0 Å². The number of rotatable bonds is 17. The maximum absolute atomic E-state index is 10.2. The van der Waals surface area contributed by atoms with Crippen LogP contribution in [0.2, 0.25) is 0 Å². The first-order valence-corrected chi connectivity index (χ1v) is 11.6. The summed E-state index contributed by atoms with van der Waals surface area (Å²) in [5.41, 5.74) is 0. The number of nitrogens with zero attached hydrogens (tertiary/aromatic N) is 1. The first kappa shape index (κ1) is 25.2. The fraction of sp³-hybridized carbons (Fsp3) is 0.952. The van der Waals surface area contributed by atoms with E-state index in [0.717, 1.165) is 32.4 Å². The van der Waals surface area contributed by atoms with E-state index in [1.54, 1.807) is 0 Å². The summed E-state index contributed by atoms with van der Waals surface area (Å²) in [6.45, 7) is 9.22. The largest absolute Gasteiger partial charge is 0.387 e. The molecule has 0 rings (SSSR count). The number of hydrogen-bond acceptors (Lipinski definition) is 3. The lowest BCUT2D eigenvalue weighted by Gasteiger charge is -2.42. The van der Waals surface area contributed by atoms with Gasteiger partial charge in [0.1, 0.15) is 12.6 Å². The van der Waals surface area contributed by atoms with Crippen molar-refractivity contribution in [1.82, 2.24) is 0 Å². The fourth-order valence-corrected chi connectivity index (χ4v) is 3.96. The standard InChI is InChI=1S/C21H43NOS2/c1-4-7-9-10-11-12-13-14-15-16-18-22(21(24)25,17-8-5-2)19-20(23)6-3/h20,23H,4-19H2,1-3H3. The molecule has 0 fully saturated rings. The van der Waals surface area contributed by atoms with Gasteiger partial charge in [0.15, 0.2) is 0 Å². The van der Waals surface area contributed by atoms with E-state index >= 15 is 0 Å². The second kappa shape index (κ2) is 16.4. The van der Waals surface area contributed by atoms with Crippen LogP contribution >= 0.6 is 12.2 Å². The molecule has 150 valence electrons. The van der Waals surface area contributed by atoms with Crippen LogP contribution in [0.25, 0.3) is 0 Å². The quantitative estimate of drug-likeness (QED) is 0.140. The minimum Gasteiger partial charge on any atom is -0.387 e. The third-order valence-electron chi connectivity index (χ3n) is 5.30. The molecular formula is C21H43NOS2. The zero-order chi connectivity index (χ0) is 19.0. The Bertz CT molecular complexity index is 325. The Morgan fingerprint density at radius 1 is 0.800 bits per heavy atom. The highest BCUT2D eigenvalue weighted by atomic mass is 32.1. The van der Waals surface area contributed by atoms with Crippen molar-refractivity contribution in [2.45, 2.75) is 110 Å². The highest BCUT2D eigenvalue weighted by Crippen LogP contribution is 2.18. The van der Waals surface area contributed by atoms with Gasteiger partial charge >= 0.3 is 0 Å². The summed E-state index contributed by atoms with van der Waals surface area (Å²) in [6.07, 6.45) is 16.2. The Labute approximate surface area is 168 Å². The van der Waals surface area contributed by atoms with Crippen molar-refractivity contribution >= 4 is 29.2 Å². The summed E-state index contributed by atoms with van der Waals surface area (Å²) in [5.74, 6) is 0. The highest BCUT2D eigenvalue weighted by molar-refractivity contribution is 7.99. The summed E-state index contributed by atoms with van der Waals surface area (Å²) < 4.78 is 1.32. The molecule has 0 spiro atoms. The molecule has 0 aliphatic rings. The first-order valence-electron chi connectivity index (χ1n) is 10.8. The molecule has 2 unspecified atom stereocenters. The molecule has 0 radical (unpaired) electrons. The SMILES string of the molecule is CCCCCCCCCCCC[N+](CCCC)(CC(O)CC)C(=S)[S-]. The predicted octanol–water partition coefficient (Wildman–Crippen LogP) is 6.13. The van der Waals surface area contributed by atoms with Crippen LogP contribution in [0.4, 0.5) is 0 Å². The van der Waals surface area contributed by atoms with Gasteiger partial charge in [-0.25, -0.2) is 0 Å². The molecule has 0 amide bonds. The topological polar surface area (TPSA) is 20.2 Å². The van der Waals surface area contributed by atoms with Crippen molar-refractivity contribution in [2.75, 3.05) is 19.6 Å². The van der Waals surface area contributed by atoms with Crippen molar-refractivity contribution in [3.8, 4) is 0 Å². The molecule has 0 aromatic rings. The third kappa shape index (κ3) is 12.3. The zero-order valence-corrected chi connectivity index (χ0v) is 18.7. The van der Waals surface area contributed by atoms with Gasteiger partial charge in [-0.1, -0.05) is 78.6 Å². The van der Waals surface area contributed by atoms with Gasteiger partial charge in [0.2, 0.25) is 0 Å². The van der Waals surface area contributed by atoms with Crippen molar-refractivity contribution < 1.29 is 9.59 Å². The highest BCUT2D eigenvalue weighted by Gasteiger charge is 2.28. The van der Waals surface area contributed by atoms with Gasteiger partial charge in [-0.05, 0) is 25.7 Å². The van der Waals surface area contributed by atoms with Crippen LogP contribution in [-0.4, -0.2) is 39.6 Å². The summed E-state index contributed by atoms with van der Waals surface area (Å²) in [6, 6.07) is 0. The fourth-order valence-electron chi connectivity index (χ4n) is 3.45. The minimum absolute atomic E-state index is 0.291. The maximum atomic E-state index is 10.2. The van der Waals surface area contributed by atoms with E-state index < -0.39 is 0 Å². The Morgan fingerprint density at radius 3 is 1.68 bits per heavy atom. The Balaban J connectivity index is 4.14. The predicted molar refractivity (Wildman–Crippen MR) is 118 cm³/mol. The molecule has 4 heteroatoms. The van der Waals surface area contributed by atoms with Crippen molar-refractivity contribution in [1.29, 1.82) is 0 Å². The van der Waals surface area contributed by atoms with Gasteiger partial charge in [0.25, 0.3) is 0 Å². The molecule has 0 saturated heterocycles. The molecule has 0 bridgehead atoms. The van der Waals surface area contributed by atoms with Gasteiger partial charge in [-0.3, -0.25) is 0 Å². The van der Waals surface area contributed by atoms with Gasteiger partial charge in [-0.15, -0.1) is 0 Å². The number of thiocarbonyl (C=S) groups is 1. The van der Waals surface area contributed by atoms with Crippen LogP contribution in [0, 0.1) is 0 Å². The maximum Gasteiger partial charge on any atom is 0.108 e. The molecular weight excluding hydrogens is 346 g/mol. The molecule has 0 heterocycles. The number of unbranched alkanes of at least 4 members (excludes halogenated alkanes) is 10. The van der Waals surface area contributed by atoms with E-state index in [1.165, 1.54) is 64.2 Å².